The molecule has 0 fully saturated rings. The van der Waals surface area contributed by atoms with Crippen molar-refractivity contribution >= 4 is 24.2 Å². The fraction of sp³-hybridized carbons (Fsp3) is 0.316. The van der Waals surface area contributed by atoms with Crippen molar-refractivity contribution in [3.63, 3.8) is 0 Å². The Morgan fingerprint density at radius 1 is 0.600 bits per heavy atom. The summed E-state index contributed by atoms with van der Waals surface area (Å²) in [5.41, 5.74) is 4.14. The van der Waals surface area contributed by atoms with Crippen LogP contribution >= 0.6 is 0 Å². The standard InChI is InChI=1S/2C19H24N2O4/c2*1-13(9-14-3-6-16(25-2)7-4-14)20-11-19(24)15-5-8-18(23)17(10-15)21-12-22/h2*3-8,10,12-13,19-20,23-24H,9,11H2,1-2H3,(H,21,22). The van der Waals surface area contributed by atoms with Gasteiger partial charge in [0.2, 0.25) is 12.8 Å². The first kappa shape index (κ1) is 39.3. The number of hydrogen-bond donors (Lipinski definition) is 8. The zero-order valence-electron chi connectivity index (χ0n) is 28.8. The predicted molar refractivity (Wildman–Crippen MR) is 194 cm³/mol. The Balaban J connectivity index is 0.000000270. The number of aliphatic hydroxyl groups is 2. The van der Waals surface area contributed by atoms with Crippen LogP contribution in [0.15, 0.2) is 84.9 Å². The first-order chi connectivity index (χ1) is 24.1. The van der Waals surface area contributed by atoms with Gasteiger partial charge in [-0.1, -0.05) is 36.4 Å². The van der Waals surface area contributed by atoms with Gasteiger partial charge in [-0.15, -0.1) is 0 Å². The van der Waals surface area contributed by atoms with Gasteiger partial charge in [0.05, 0.1) is 37.8 Å². The largest absolute Gasteiger partial charge is 0.506 e. The van der Waals surface area contributed by atoms with E-state index in [2.05, 4.69) is 21.3 Å². The third-order valence-electron chi connectivity index (χ3n) is 7.96. The van der Waals surface area contributed by atoms with E-state index in [1.54, 1.807) is 38.5 Å². The summed E-state index contributed by atoms with van der Waals surface area (Å²) in [5.74, 6) is 1.58. The van der Waals surface area contributed by atoms with Crippen LogP contribution in [0.4, 0.5) is 11.4 Å². The molecule has 0 saturated heterocycles. The van der Waals surface area contributed by atoms with E-state index in [1.165, 1.54) is 23.3 Å². The van der Waals surface area contributed by atoms with Gasteiger partial charge in [-0.3, -0.25) is 9.59 Å². The molecule has 12 heteroatoms. The molecule has 4 aromatic rings. The van der Waals surface area contributed by atoms with Crippen molar-refractivity contribution < 1.29 is 39.5 Å². The number of anilines is 2. The van der Waals surface area contributed by atoms with Gasteiger partial charge in [0.15, 0.2) is 0 Å². The molecular weight excluding hydrogens is 640 g/mol. The Hall–Kier alpha value is -5.14. The van der Waals surface area contributed by atoms with Crippen LogP contribution in [0.3, 0.4) is 0 Å². The van der Waals surface area contributed by atoms with Crippen LogP contribution in [0, 0.1) is 0 Å². The Morgan fingerprint density at radius 2 is 0.960 bits per heavy atom. The lowest BCUT2D eigenvalue weighted by Gasteiger charge is -2.18. The molecule has 4 unspecified atom stereocenters. The second-order valence-corrected chi connectivity index (χ2v) is 11.8. The third-order valence-corrected chi connectivity index (χ3v) is 7.96. The highest BCUT2D eigenvalue weighted by atomic mass is 16.5. The minimum Gasteiger partial charge on any atom is -0.506 e. The van der Waals surface area contributed by atoms with Gasteiger partial charge in [-0.05, 0) is 97.5 Å². The van der Waals surface area contributed by atoms with Crippen molar-refractivity contribution in [2.24, 2.45) is 0 Å². The molecule has 0 aliphatic rings. The topological polar surface area (TPSA) is 182 Å². The zero-order chi connectivity index (χ0) is 36.5. The molecule has 0 saturated carbocycles. The van der Waals surface area contributed by atoms with E-state index in [4.69, 9.17) is 9.47 Å². The molecule has 4 rings (SSSR count). The molecule has 4 atom stereocenters. The predicted octanol–water partition coefficient (Wildman–Crippen LogP) is 4.45. The molecule has 0 aromatic heterocycles. The number of nitrogens with one attached hydrogen (secondary N) is 4. The molecule has 0 heterocycles. The van der Waals surface area contributed by atoms with E-state index in [-0.39, 0.29) is 35.0 Å². The summed E-state index contributed by atoms with van der Waals surface area (Å²) in [6, 6.07) is 25.4. The number of phenolic OH excluding ortho intramolecular Hbond substituents is 2. The van der Waals surface area contributed by atoms with E-state index >= 15 is 0 Å². The highest BCUT2D eigenvalue weighted by Gasteiger charge is 2.14. The van der Waals surface area contributed by atoms with Crippen molar-refractivity contribution in [2.45, 2.75) is 51.0 Å². The average molecular weight is 689 g/mol. The second kappa shape index (κ2) is 20.4. The Bertz CT molecular complexity index is 1500. The number of methoxy groups -OCH3 is 2. The maximum atomic E-state index is 10.5. The third kappa shape index (κ3) is 12.7. The molecular formula is C38H48N4O8. The monoisotopic (exact) mass is 688 g/mol. The maximum Gasteiger partial charge on any atom is 0.211 e. The molecule has 50 heavy (non-hydrogen) atoms. The molecule has 2 amide bonds. The number of phenols is 2. The molecule has 0 bridgehead atoms. The summed E-state index contributed by atoms with van der Waals surface area (Å²) in [7, 11) is 3.28. The summed E-state index contributed by atoms with van der Waals surface area (Å²) >= 11 is 0. The van der Waals surface area contributed by atoms with Gasteiger partial charge in [-0.2, -0.15) is 0 Å². The van der Waals surface area contributed by atoms with Crippen molar-refractivity contribution in [3.05, 3.63) is 107 Å². The minimum atomic E-state index is -0.744. The fourth-order valence-electron chi connectivity index (χ4n) is 5.12. The van der Waals surface area contributed by atoms with Gasteiger partial charge in [0, 0.05) is 25.2 Å². The first-order valence-corrected chi connectivity index (χ1v) is 16.2. The van der Waals surface area contributed by atoms with Gasteiger partial charge < -0.3 is 51.2 Å². The lowest BCUT2D eigenvalue weighted by molar-refractivity contribution is -0.106. The fourth-order valence-corrected chi connectivity index (χ4v) is 5.12. The molecule has 0 spiro atoms. The summed E-state index contributed by atoms with van der Waals surface area (Å²) < 4.78 is 10.3. The Labute approximate surface area is 293 Å². The van der Waals surface area contributed by atoms with Crippen LogP contribution < -0.4 is 30.7 Å². The quantitative estimate of drug-likeness (QED) is 0.0550. The first-order valence-electron chi connectivity index (χ1n) is 16.2. The SMILES string of the molecule is COc1ccc(CC(C)NCC(O)c2ccc(O)c(NC=O)c2)cc1.COc1ccc(CC(C)NCC(O)c2ccc(O)c(NC=O)c2)cc1. The maximum absolute atomic E-state index is 10.5. The van der Waals surface area contributed by atoms with Gasteiger partial charge >= 0.3 is 0 Å². The van der Waals surface area contributed by atoms with E-state index in [0.717, 1.165) is 24.3 Å². The van der Waals surface area contributed by atoms with E-state index in [9.17, 15) is 30.0 Å². The van der Waals surface area contributed by atoms with Gasteiger partial charge in [0.1, 0.15) is 23.0 Å². The Morgan fingerprint density at radius 3 is 1.28 bits per heavy atom. The van der Waals surface area contributed by atoms with Gasteiger partial charge in [0.25, 0.3) is 0 Å². The highest BCUT2D eigenvalue weighted by molar-refractivity contribution is 5.76. The van der Waals surface area contributed by atoms with Crippen LogP contribution in [-0.2, 0) is 22.4 Å². The molecule has 4 aromatic carbocycles. The Kier molecular flexibility index (Phi) is 16.0. The van der Waals surface area contributed by atoms with Crippen molar-refractivity contribution in [1.29, 1.82) is 0 Å². The average Bonchev–Trinajstić information content (AvgIpc) is 3.12. The molecule has 268 valence electrons. The zero-order valence-corrected chi connectivity index (χ0v) is 28.8. The molecule has 8 N–H and O–H groups in total. The number of carbonyl (C=O) groups is 2. The lowest BCUT2D eigenvalue weighted by atomic mass is 10.1. The number of carbonyl (C=O) groups excluding carboxylic acids is 2. The second-order valence-electron chi connectivity index (χ2n) is 11.8. The van der Waals surface area contributed by atoms with Gasteiger partial charge in [-0.25, -0.2) is 0 Å². The number of hydrogen-bond acceptors (Lipinski definition) is 10. The minimum absolute atomic E-state index is 0.0381. The normalized spacial score (nSPS) is 13.1. The summed E-state index contributed by atoms with van der Waals surface area (Å²) in [4.78, 5) is 21.1. The number of ether oxygens (including phenoxy) is 2. The van der Waals surface area contributed by atoms with E-state index in [0.29, 0.717) is 37.0 Å². The van der Waals surface area contributed by atoms with Crippen molar-refractivity contribution in [2.75, 3.05) is 37.9 Å². The molecule has 0 aliphatic carbocycles. The lowest BCUT2D eigenvalue weighted by Crippen LogP contribution is -2.32. The van der Waals surface area contributed by atoms with Crippen LogP contribution in [0.25, 0.3) is 0 Å². The summed E-state index contributed by atoms with van der Waals surface area (Å²) in [6.45, 7) is 4.82. The summed E-state index contributed by atoms with van der Waals surface area (Å²) in [6.07, 6.45) is 1.13. The van der Waals surface area contributed by atoms with Crippen LogP contribution in [0.2, 0.25) is 0 Å². The van der Waals surface area contributed by atoms with Crippen LogP contribution in [-0.4, -0.2) is 72.6 Å². The van der Waals surface area contributed by atoms with Crippen molar-refractivity contribution in [1.82, 2.24) is 10.6 Å². The number of amides is 2. The van der Waals surface area contributed by atoms with E-state index < -0.39 is 12.2 Å². The number of aliphatic hydroxyl groups excluding tert-OH is 2. The number of rotatable bonds is 18. The smallest absolute Gasteiger partial charge is 0.211 e. The molecule has 12 nitrogen and oxygen atoms in total. The van der Waals surface area contributed by atoms with Crippen LogP contribution in [0.5, 0.6) is 23.0 Å². The molecule has 0 radical (unpaired) electrons. The van der Waals surface area contributed by atoms with E-state index in [1.807, 2.05) is 62.4 Å². The summed E-state index contributed by atoms with van der Waals surface area (Å²) in [5, 5.41) is 51.3. The number of aromatic hydroxyl groups is 2. The van der Waals surface area contributed by atoms with Crippen molar-refractivity contribution in [3.8, 4) is 23.0 Å². The van der Waals surface area contributed by atoms with Crippen LogP contribution in [0.1, 0.15) is 48.3 Å². The number of benzene rings is 4. The molecule has 0 aliphatic heterocycles. The highest BCUT2D eigenvalue weighted by Crippen LogP contribution is 2.28.